The minimum Gasteiger partial charge on any atom is -0.496 e. The molecule has 0 unspecified atom stereocenters. The van der Waals surface area contributed by atoms with Crippen LogP contribution < -0.4 is 9.47 Å². The van der Waals surface area contributed by atoms with E-state index < -0.39 is 17.2 Å². The quantitative estimate of drug-likeness (QED) is 0.260. The molecule has 2 heterocycles. The first-order chi connectivity index (χ1) is 22.3. The number of aldehydes is 1. The molecule has 11 nitrogen and oxygen atoms in total. The summed E-state index contributed by atoms with van der Waals surface area (Å²) >= 11 is 0. The molecular weight excluding hydrogens is 616 g/mol. The first-order valence-corrected chi connectivity index (χ1v) is 16.0. The van der Waals surface area contributed by atoms with Crippen molar-refractivity contribution in [3.63, 3.8) is 0 Å². The third kappa shape index (κ3) is 11.9. The van der Waals surface area contributed by atoms with E-state index in [1.54, 1.807) is 35.1 Å². The maximum Gasteiger partial charge on any atom is 0.410 e. The molecule has 0 atom stereocenters. The van der Waals surface area contributed by atoms with Gasteiger partial charge in [0.15, 0.2) is 6.29 Å². The molecule has 0 fully saturated rings. The molecule has 0 bridgehead atoms. The van der Waals surface area contributed by atoms with Crippen LogP contribution in [0.1, 0.15) is 105 Å². The number of amides is 2. The Morgan fingerprint density at radius 1 is 0.729 bits per heavy atom. The van der Waals surface area contributed by atoms with Gasteiger partial charge in [-0.2, -0.15) is 0 Å². The van der Waals surface area contributed by atoms with Gasteiger partial charge in [-0.3, -0.25) is 4.79 Å². The molecule has 2 aliphatic rings. The summed E-state index contributed by atoms with van der Waals surface area (Å²) in [6, 6.07) is 6.99. The van der Waals surface area contributed by atoms with Crippen LogP contribution in [0.25, 0.3) is 0 Å². The van der Waals surface area contributed by atoms with Crippen molar-refractivity contribution in [2.24, 2.45) is 0 Å². The zero-order chi connectivity index (χ0) is 36.4. The van der Waals surface area contributed by atoms with Crippen molar-refractivity contribution in [2.75, 3.05) is 27.3 Å². The normalized spacial score (nSPS) is 13.6. The number of carbonyl (C=O) groups is 4. The van der Waals surface area contributed by atoms with Gasteiger partial charge in [0, 0.05) is 26.2 Å². The maximum absolute atomic E-state index is 12.1. The SMILES string of the molecule is CC=C(C)C.COc1cc2c(cc1C(=O)O)CN(C(=O)OC(C)(C)C)CC2.COc1cc2c(cc1C=O)CN(C(=O)OC(C)(C)C)CC2. The fraction of sp³-hybridized carbons (Fsp3) is 0.514. The average molecular weight is 669 g/mol. The van der Waals surface area contributed by atoms with E-state index in [1.165, 1.54) is 12.7 Å². The number of carboxylic acids is 1. The van der Waals surface area contributed by atoms with Crippen LogP contribution in [0, 0.1) is 0 Å². The molecule has 48 heavy (non-hydrogen) atoms. The number of ether oxygens (including phenoxy) is 4. The second-order valence-corrected chi connectivity index (χ2v) is 13.8. The third-order valence-corrected chi connectivity index (χ3v) is 7.34. The number of carboxylic acid groups (broad SMARTS) is 1. The number of methoxy groups -OCH3 is 2. The molecule has 0 aliphatic carbocycles. The largest absolute Gasteiger partial charge is 0.496 e. The number of hydrogen-bond acceptors (Lipinski definition) is 8. The fourth-order valence-electron chi connectivity index (χ4n) is 4.76. The van der Waals surface area contributed by atoms with Crippen molar-refractivity contribution in [2.45, 2.75) is 99.4 Å². The van der Waals surface area contributed by atoms with Gasteiger partial charge in [-0.25, -0.2) is 14.4 Å². The summed E-state index contributed by atoms with van der Waals surface area (Å²) in [6.45, 7) is 19.1. The number of rotatable bonds is 4. The molecule has 264 valence electrons. The van der Waals surface area contributed by atoms with E-state index >= 15 is 0 Å². The lowest BCUT2D eigenvalue weighted by Crippen LogP contribution is -2.40. The van der Waals surface area contributed by atoms with Crippen molar-refractivity contribution in [3.05, 3.63) is 69.3 Å². The first kappa shape index (κ1) is 39.6. The van der Waals surface area contributed by atoms with Crippen molar-refractivity contribution in [3.8, 4) is 11.5 Å². The predicted molar refractivity (Wildman–Crippen MR) is 184 cm³/mol. The summed E-state index contributed by atoms with van der Waals surface area (Å²) in [5.41, 5.74) is 4.82. The van der Waals surface area contributed by atoms with Gasteiger partial charge in [0.1, 0.15) is 28.3 Å². The molecule has 2 aromatic carbocycles. The minimum absolute atomic E-state index is 0.104. The Bertz CT molecular complexity index is 1500. The highest BCUT2D eigenvalue weighted by Gasteiger charge is 2.28. The molecule has 0 aromatic heterocycles. The van der Waals surface area contributed by atoms with E-state index in [4.69, 9.17) is 18.9 Å². The van der Waals surface area contributed by atoms with Crippen LogP contribution >= 0.6 is 0 Å². The fourth-order valence-corrected chi connectivity index (χ4v) is 4.76. The van der Waals surface area contributed by atoms with Gasteiger partial charge in [0.05, 0.1) is 19.8 Å². The Morgan fingerprint density at radius 3 is 1.50 bits per heavy atom. The molecule has 2 aliphatic heterocycles. The number of allylic oxidation sites excluding steroid dienone is 2. The Kier molecular flexibility index (Phi) is 14.1. The van der Waals surface area contributed by atoms with Crippen molar-refractivity contribution < 1.29 is 43.2 Å². The molecule has 1 N–H and O–H groups in total. The third-order valence-electron chi connectivity index (χ3n) is 7.34. The molecule has 0 saturated heterocycles. The van der Waals surface area contributed by atoms with E-state index in [2.05, 4.69) is 19.9 Å². The summed E-state index contributed by atoms with van der Waals surface area (Å²) in [4.78, 5) is 49.9. The molecule has 0 spiro atoms. The highest BCUT2D eigenvalue weighted by molar-refractivity contribution is 5.91. The lowest BCUT2D eigenvalue weighted by molar-refractivity contribution is 0.0213. The van der Waals surface area contributed by atoms with Gasteiger partial charge in [-0.1, -0.05) is 11.6 Å². The first-order valence-electron chi connectivity index (χ1n) is 16.0. The van der Waals surface area contributed by atoms with Crippen LogP contribution in [0.3, 0.4) is 0 Å². The van der Waals surface area contributed by atoms with Gasteiger partial charge < -0.3 is 33.9 Å². The molecule has 2 aromatic rings. The minimum atomic E-state index is -1.05. The maximum atomic E-state index is 12.1. The Labute approximate surface area is 284 Å². The van der Waals surface area contributed by atoms with Gasteiger partial charge in [0.25, 0.3) is 0 Å². The summed E-state index contributed by atoms with van der Waals surface area (Å²) in [5, 5.41) is 9.24. The van der Waals surface area contributed by atoms with Gasteiger partial charge in [0.2, 0.25) is 0 Å². The Balaban J connectivity index is 0.000000293. The molecule has 11 heteroatoms. The van der Waals surface area contributed by atoms with Crippen LogP contribution in [0.15, 0.2) is 35.9 Å². The summed E-state index contributed by atoms with van der Waals surface area (Å²) < 4.78 is 21.1. The van der Waals surface area contributed by atoms with E-state index in [1.807, 2.05) is 54.5 Å². The standard InChI is InChI=1S/C16H21NO5.C16H21NO4.C5H10/c1-16(2,3)22-15(20)17-6-5-10-8-13(21-4)12(14(18)19)7-11(10)9-17;1-16(2,3)21-15(19)17-6-5-11-8-14(20-4)13(10-18)7-12(11)9-17;1-4-5(2)3/h7-8H,5-6,9H2,1-4H3,(H,18,19);7-8,10H,5-6,9H2,1-4H3;4H,1-3H3. The number of aromatic carboxylic acids is 1. The van der Waals surface area contributed by atoms with Crippen LogP contribution in [-0.4, -0.2) is 77.9 Å². The number of carbonyl (C=O) groups excluding carboxylic acids is 3. The molecule has 4 rings (SSSR count). The predicted octanol–water partition coefficient (Wildman–Crippen LogP) is 7.46. The van der Waals surface area contributed by atoms with Crippen LogP contribution in [-0.2, 0) is 35.4 Å². The highest BCUT2D eigenvalue weighted by Crippen LogP contribution is 2.30. The smallest absolute Gasteiger partial charge is 0.410 e. The second kappa shape index (κ2) is 17.0. The van der Waals surface area contributed by atoms with Gasteiger partial charge in [-0.15, -0.1) is 0 Å². The van der Waals surface area contributed by atoms with Crippen LogP contribution in [0.2, 0.25) is 0 Å². The van der Waals surface area contributed by atoms with Gasteiger partial charge >= 0.3 is 18.2 Å². The van der Waals surface area contributed by atoms with E-state index in [9.17, 15) is 24.3 Å². The topological polar surface area (TPSA) is 132 Å². The van der Waals surface area contributed by atoms with E-state index in [0.717, 1.165) is 35.0 Å². The van der Waals surface area contributed by atoms with Gasteiger partial charge in [-0.05, 0) is 122 Å². The number of benzene rings is 2. The van der Waals surface area contributed by atoms with E-state index in [-0.39, 0.29) is 17.7 Å². The average Bonchev–Trinajstić information content (AvgIpc) is 3.01. The molecular formula is C37H52N2O9. The Morgan fingerprint density at radius 2 is 1.15 bits per heavy atom. The number of fused-ring (bicyclic) bond motifs is 2. The molecule has 2 amide bonds. The van der Waals surface area contributed by atoms with Crippen molar-refractivity contribution in [1.82, 2.24) is 9.80 Å². The summed E-state index contributed by atoms with van der Waals surface area (Å²) in [7, 11) is 2.99. The summed E-state index contributed by atoms with van der Waals surface area (Å²) in [6.07, 6.45) is 3.52. The van der Waals surface area contributed by atoms with E-state index in [0.29, 0.717) is 49.7 Å². The lowest BCUT2D eigenvalue weighted by atomic mass is 9.96. The second-order valence-electron chi connectivity index (χ2n) is 13.8. The van der Waals surface area contributed by atoms with Crippen molar-refractivity contribution in [1.29, 1.82) is 0 Å². The zero-order valence-electron chi connectivity index (χ0n) is 30.3. The highest BCUT2D eigenvalue weighted by atomic mass is 16.6. The van der Waals surface area contributed by atoms with Crippen LogP contribution in [0.5, 0.6) is 11.5 Å². The summed E-state index contributed by atoms with van der Waals surface area (Å²) in [5.74, 6) is -0.125. The zero-order valence-corrected chi connectivity index (χ0v) is 30.3. The molecule has 0 saturated carbocycles. The number of nitrogens with zero attached hydrogens (tertiary/aromatic N) is 2. The van der Waals surface area contributed by atoms with Crippen molar-refractivity contribution >= 4 is 24.4 Å². The van der Waals surface area contributed by atoms with Crippen LogP contribution in [0.4, 0.5) is 9.59 Å². The number of hydrogen-bond donors (Lipinski definition) is 1. The lowest BCUT2D eigenvalue weighted by Gasteiger charge is -2.31. The monoisotopic (exact) mass is 668 g/mol. The Hall–Kier alpha value is -4.54. The molecule has 0 radical (unpaired) electrons.